The minimum Gasteiger partial charge on any atom is -0.484 e. The molecule has 0 spiro atoms. The Labute approximate surface area is 176 Å². The van der Waals surface area contributed by atoms with E-state index in [9.17, 15) is 4.79 Å². The quantitative estimate of drug-likeness (QED) is 0.495. The molecule has 4 aromatic rings. The Morgan fingerprint density at radius 2 is 1.77 bits per heavy atom. The standard InChI is InChI=1S/C25H25N3O2/c1-17-7-6-8-20(13-17)15-28-19(3)25(18(2)27-28)26-24(29)16-30-23-12-11-21-9-4-5-10-22(21)14-23/h4-14H,15-16H2,1-3H3,(H,26,29). The molecule has 1 N–H and O–H groups in total. The van der Waals surface area contributed by atoms with Crippen LogP contribution in [0.3, 0.4) is 0 Å². The van der Waals surface area contributed by atoms with Crippen LogP contribution in [-0.2, 0) is 11.3 Å². The molecule has 1 amide bonds. The molecule has 0 unspecified atom stereocenters. The topological polar surface area (TPSA) is 56.2 Å². The second kappa shape index (κ2) is 8.41. The number of nitrogens with one attached hydrogen (secondary N) is 1. The predicted molar refractivity (Wildman–Crippen MR) is 120 cm³/mol. The fourth-order valence-electron chi connectivity index (χ4n) is 3.60. The van der Waals surface area contributed by atoms with E-state index in [0.29, 0.717) is 12.3 Å². The minimum atomic E-state index is -0.204. The second-order valence-electron chi connectivity index (χ2n) is 7.54. The summed E-state index contributed by atoms with van der Waals surface area (Å²) in [4.78, 5) is 12.5. The zero-order chi connectivity index (χ0) is 21.1. The van der Waals surface area contributed by atoms with Gasteiger partial charge in [-0.25, -0.2) is 0 Å². The molecule has 0 saturated carbocycles. The summed E-state index contributed by atoms with van der Waals surface area (Å²) in [5.74, 6) is 0.469. The molecule has 152 valence electrons. The van der Waals surface area contributed by atoms with Crippen LogP contribution in [-0.4, -0.2) is 22.3 Å². The van der Waals surface area contributed by atoms with Crippen LogP contribution in [0.5, 0.6) is 5.75 Å². The molecule has 1 aromatic heterocycles. The number of carbonyl (C=O) groups is 1. The van der Waals surface area contributed by atoms with E-state index < -0.39 is 0 Å². The maximum atomic E-state index is 12.5. The number of nitrogens with zero attached hydrogens (tertiary/aromatic N) is 2. The summed E-state index contributed by atoms with van der Waals surface area (Å²) in [6.45, 7) is 6.55. The number of aryl methyl sites for hydroxylation is 2. The van der Waals surface area contributed by atoms with Gasteiger partial charge < -0.3 is 10.1 Å². The molecule has 0 saturated heterocycles. The number of hydrogen-bond acceptors (Lipinski definition) is 3. The molecular formula is C25H25N3O2. The van der Waals surface area contributed by atoms with Crippen molar-refractivity contribution in [2.75, 3.05) is 11.9 Å². The van der Waals surface area contributed by atoms with Gasteiger partial charge >= 0.3 is 0 Å². The first-order valence-corrected chi connectivity index (χ1v) is 10.0. The summed E-state index contributed by atoms with van der Waals surface area (Å²) in [5, 5.41) is 9.78. The van der Waals surface area contributed by atoms with E-state index in [2.05, 4.69) is 35.5 Å². The number of carbonyl (C=O) groups excluding carboxylic acids is 1. The van der Waals surface area contributed by atoms with Crippen molar-refractivity contribution in [2.45, 2.75) is 27.3 Å². The van der Waals surface area contributed by atoms with Crippen molar-refractivity contribution in [2.24, 2.45) is 0 Å². The van der Waals surface area contributed by atoms with Crippen molar-refractivity contribution in [1.82, 2.24) is 9.78 Å². The fraction of sp³-hybridized carbons (Fsp3) is 0.200. The van der Waals surface area contributed by atoms with Crippen molar-refractivity contribution in [3.05, 3.63) is 89.2 Å². The average molecular weight is 399 g/mol. The Balaban J connectivity index is 1.41. The van der Waals surface area contributed by atoms with Gasteiger partial charge in [0.05, 0.1) is 23.6 Å². The van der Waals surface area contributed by atoms with Gasteiger partial charge in [-0.1, -0.05) is 60.2 Å². The summed E-state index contributed by atoms with van der Waals surface area (Å²) in [5.41, 5.74) is 4.86. The average Bonchev–Trinajstić information content (AvgIpc) is 2.99. The first kappa shape index (κ1) is 19.7. The monoisotopic (exact) mass is 399 g/mol. The largest absolute Gasteiger partial charge is 0.484 e. The number of aromatic nitrogens is 2. The predicted octanol–water partition coefficient (Wildman–Crippen LogP) is 5.03. The third-order valence-electron chi connectivity index (χ3n) is 5.15. The number of benzene rings is 3. The van der Waals surface area contributed by atoms with Gasteiger partial charge in [0.25, 0.3) is 5.91 Å². The Morgan fingerprint density at radius 3 is 2.57 bits per heavy atom. The summed E-state index contributed by atoms with van der Waals surface area (Å²) >= 11 is 0. The SMILES string of the molecule is Cc1cccc(Cn2nc(C)c(NC(=O)COc3ccc4ccccc4c3)c2C)c1. The summed E-state index contributed by atoms with van der Waals surface area (Å²) in [6.07, 6.45) is 0. The van der Waals surface area contributed by atoms with Crippen LogP contribution in [0.15, 0.2) is 66.7 Å². The summed E-state index contributed by atoms with van der Waals surface area (Å²) in [6, 6.07) is 22.2. The van der Waals surface area contributed by atoms with Gasteiger partial charge in [-0.2, -0.15) is 5.10 Å². The molecule has 0 aliphatic carbocycles. The van der Waals surface area contributed by atoms with Crippen molar-refractivity contribution in [3.8, 4) is 5.75 Å². The van der Waals surface area contributed by atoms with Gasteiger partial charge in [0.2, 0.25) is 0 Å². The summed E-state index contributed by atoms with van der Waals surface area (Å²) in [7, 11) is 0. The molecule has 30 heavy (non-hydrogen) atoms. The Morgan fingerprint density at radius 1 is 0.967 bits per heavy atom. The van der Waals surface area contributed by atoms with Gasteiger partial charge in [-0.05, 0) is 49.2 Å². The van der Waals surface area contributed by atoms with Gasteiger partial charge in [0.15, 0.2) is 6.61 Å². The molecule has 1 heterocycles. The van der Waals surface area contributed by atoms with Crippen molar-refractivity contribution >= 4 is 22.4 Å². The Hall–Kier alpha value is -3.60. The van der Waals surface area contributed by atoms with E-state index in [1.165, 1.54) is 11.1 Å². The van der Waals surface area contributed by atoms with E-state index in [4.69, 9.17) is 4.74 Å². The third-order valence-corrected chi connectivity index (χ3v) is 5.15. The number of ether oxygens (including phenoxy) is 1. The summed E-state index contributed by atoms with van der Waals surface area (Å²) < 4.78 is 7.62. The maximum Gasteiger partial charge on any atom is 0.262 e. The van der Waals surface area contributed by atoms with E-state index in [1.54, 1.807) is 0 Å². The number of fused-ring (bicyclic) bond motifs is 1. The van der Waals surface area contributed by atoms with Crippen LogP contribution in [0, 0.1) is 20.8 Å². The minimum absolute atomic E-state index is 0.0553. The lowest BCUT2D eigenvalue weighted by atomic mass is 10.1. The molecule has 0 radical (unpaired) electrons. The maximum absolute atomic E-state index is 12.5. The van der Waals surface area contributed by atoms with E-state index in [0.717, 1.165) is 27.8 Å². The van der Waals surface area contributed by atoms with Crippen LogP contribution in [0.2, 0.25) is 0 Å². The lowest BCUT2D eigenvalue weighted by molar-refractivity contribution is -0.118. The normalized spacial score (nSPS) is 10.9. The first-order valence-electron chi connectivity index (χ1n) is 10.0. The van der Waals surface area contributed by atoms with Gasteiger partial charge in [-0.3, -0.25) is 9.48 Å². The molecule has 0 bridgehead atoms. The Bertz CT molecular complexity index is 1210. The molecule has 4 rings (SSSR count). The molecule has 0 aliphatic rings. The van der Waals surface area contributed by atoms with Crippen LogP contribution < -0.4 is 10.1 Å². The van der Waals surface area contributed by atoms with E-state index in [1.807, 2.05) is 67.1 Å². The van der Waals surface area contributed by atoms with Gasteiger partial charge in [0.1, 0.15) is 5.75 Å². The van der Waals surface area contributed by atoms with Crippen LogP contribution in [0.25, 0.3) is 10.8 Å². The number of anilines is 1. The van der Waals surface area contributed by atoms with Crippen LogP contribution >= 0.6 is 0 Å². The zero-order valence-electron chi connectivity index (χ0n) is 17.5. The molecule has 3 aromatic carbocycles. The lowest BCUT2D eigenvalue weighted by Gasteiger charge is -2.09. The smallest absolute Gasteiger partial charge is 0.262 e. The van der Waals surface area contributed by atoms with Gasteiger partial charge in [0, 0.05) is 0 Å². The van der Waals surface area contributed by atoms with E-state index in [-0.39, 0.29) is 12.5 Å². The van der Waals surface area contributed by atoms with Crippen molar-refractivity contribution in [3.63, 3.8) is 0 Å². The molecule has 0 aliphatic heterocycles. The molecule has 0 atom stereocenters. The van der Waals surface area contributed by atoms with Crippen molar-refractivity contribution < 1.29 is 9.53 Å². The molecule has 0 fully saturated rings. The van der Waals surface area contributed by atoms with Crippen LogP contribution in [0.4, 0.5) is 5.69 Å². The van der Waals surface area contributed by atoms with Crippen LogP contribution in [0.1, 0.15) is 22.5 Å². The fourth-order valence-corrected chi connectivity index (χ4v) is 3.60. The number of amides is 1. The molecule has 5 heteroatoms. The highest BCUT2D eigenvalue weighted by atomic mass is 16.5. The third kappa shape index (κ3) is 4.35. The highest BCUT2D eigenvalue weighted by Gasteiger charge is 2.15. The number of rotatable bonds is 6. The second-order valence-corrected chi connectivity index (χ2v) is 7.54. The molecule has 5 nitrogen and oxygen atoms in total. The highest BCUT2D eigenvalue weighted by Crippen LogP contribution is 2.22. The van der Waals surface area contributed by atoms with Crippen molar-refractivity contribution in [1.29, 1.82) is 0 Å². The Kier molecular flexibility index (Phi) is 5.53. The number of hydrogen-bond donors (Lipinski definition) is 1. The van der Waals surface area contributed by atoms with Gasteiger partial charge in [-0.15, -0.1) is 0 Å². The van der Waals surface area contributed by atoms with E-state index >= 15 is 0 Å². The molecular weight excluding hydrogens is 374 g/mol. The first-order chi connectivity index (χ1) is 14.5. The highest BCUT2D eigenvalue weighted by molar-refractivity contribution is 5.93. The lowest BCUT2D eigenvalue weighted by Crippen LogP contribution is -2.21. The zero-order valence-corrected chi connectivity index (χ0v) is 17.5.